The van der Waals surface area contributed by atoms with Crippen molar-refractivity contribution in [1.29, 1.82) is 0 Å². The van der Waals surface area contributed by atoms with Gasteiger partial charge in [-0.25, -0.2) is 0 Å². The number of hydrogen-bond donors (Lipinski definition) is 2. The van der Waals surface area contributed by atoms with Gasteiger partial charge in [-0.1, -0.05) is 58.5 Å². The lowest BCUT2D eigenvalue weighted by Crippen LogP contribution is -2.23. The second-order valence-electron chi connectivity index (χ2n) is 7.22. The van der Waals surface area contributed by atoms with Gasteiger partial charge >= 0.3 is 0 Å². The van der Waals surface area contributed by atoms with Crippen LogP contribution in [0.2, 0.25) is 0 Å². The van der Waals surface area contributed by atoms with Crippen LogP contribution in [0.15, 0.2) is 40.7 Å². The van der Waals surface area contributed by atoms with E-state index in [0.29, 0.717) is 15.0 Å². The highest BCUT2D eigenvalue weighted by atomic mass is 32.2. The zero-order valence-electron chi connectivity index (χ0n) is 17.6. The number of anilines is 2. The van der Waals surface area contributed by atoms with Crippen molar-refractivity contribution in [3.8, 4) is 0 Å². The van der Waals surface area contributed by atoms with E-state index in [1.165, 1.54) is 28.7 Å². The van der Waals surface area contributed by atoms with Crippen LogP contribution in [-0.4, -0.2) is 27.3 Å². The molecule has 0 aliphatic carbocycles. The second kappa shape index (κ2) is 9.40. The van der Waals surface area contributed by atoms with Gasteiger partial charge < -0.3 is 5.32 Å². The molecule has 1 heterocycles. The molecule has 3 aromatic rings. The van der Waals surface area contributed by atoms with E-state index < -0.39 is 0 Å². The van der Waals surface area contributed by atoms with Gasteiger partial charge in [0.25, 0.3) is 5.91 Å². The maximum absolute atomic E-state index is 12.7. The van der Waals surface area contributed by atoms with Crippen molar-refractivity contribution in [2.45, 2.75) is 44.2 Å². The molecular weight excluding hydrogens is 416 g/mol. The Hall–Kier alpha value is -2.71. The first-order chi connectivity index (χ1) is 14.2. The highest BCUT2D eigenvalue weighted by Crippen LogP contribution is 2.30. The summed E-state index contributed by atoms with van der Waals surface area (Å²) < 4.78 is 0.620. The Morgan fingerprint density at radius 2 is 1.67 bits per heavy atom. The largest absolute Gasteiger partial charge is 0.325 e. The summed E-state index contributed by atoms with van der Waals surface area (Å²) in [6.07, 6.45) is 0. The number of benzene rings is 2. The molecule has 1 unspecified atom stereocenters. The number of hydrogen-bond acceptors (Lipinski definition) is 6. The number of rotatable bonds is 6. The zero-order valence-corrected chi connectivity index (χ0v) is 19.2. The van der Waals surface area contributed by atoms with Crippen molar-refractivity contribution < 1.29 is 9.59 Å². The predicted molar refractivity (Wildman–Crippen MR) is 124 cm³/mol. The van der Waals surface area contributed by atoms with Crippen LogP contribution in [0.25, 0.3) is 0 Å². The van der Waals surface area contributed by atoms with Crippen molar-refractivity contribution >= 4 is 45.7 Å². The lowest BCUT2D eigenvalue weighted by Gasteiger charge is -2.15. The quantitative estimate of drug-likeness (QED) is 0.409. The molecule has 2 N–H and O–H groups in total. The summed E-state index contributed by atoms with van der Waals surface area (Å²) in [6, 6.07) is 11.4. The van der Waals surface area contributed by atoms with Crippen molar-refractivity contribution in [1.82, 2.24) is 10.2 Å². The molecule has 0 radical (unpaired) electrons. The lowest BCUT2D eigenvalue weighted by atomic mass is 10.1. The van der Waals surface area contributed by atoms with Gasteiger partial charge in [0.15, 0.2) is 4.34 Å². The summed E-state index contributed by atoms with van der Waals surface area (Å²) >= 11 is 2.56. The van der Waals surface area contributed by atoms with Crippen LogP contribution >= 0.6 is 23.1 Å². The minimum absolute atomic E-state index is 0.101. The number of thioether (sulfide) groups is 1. The smallest absolute Gasteiger partial charge is 0.257 e. The van der Waals surface area contributed by atoms with E-state index in [4.69, 9.17) is 0 Å². The monoisotopic (exact) mass is 440 g/mol. The van der Waals surface area contributed by atoms with Crippen LogP contribution in [-0.2, 0) is 4.79 Å². The fourth-order valence-electron chi connectivity index (χ4n) is 3.07. The van der Waals surface area contributed by atoms with Crippen molar-refractivity contribution in [2.75, 3.05) is 10.6 Å². The molecule has 0 saturated heterocycles. The van der Waals surface area contributed by atoms with Crippen LogP contribution in [0, 0.1) is 27.7 Å². The van der Waals surface area contributed by atoms with Crippen molar-refractivity contribution in [3.05, 3.63) is 64.2 Å². The van der Waals surface area contributed by atoms with Crippen LogP contribution < -0.4 is 10.6 Å². The molecule has 0 bridgehead atoms. The Morgan fingerprint density at radius 3 is 2.33 bits per heavy atom. The predicted octanol–water partition coefficient (Wildman–Crippen LogP) is 5.14. The number of aryl methyl sites for hydroxylation is 4. The summed E-state index contributed by atoms with van der Waals surface area (Å²) in [6.45, 7) is 9.77. The molecule has 0 saturated carbocycles. The molecule has 0 fully saturated rings. The molecule has 0 aliphatic heterocycles. The Balaban J connectivity index is 1.61. The second-order valence-corrected chi connectivity index (χ2v) is 9.79. The fraction of sp³-hybridized carbons (Fsp3) is 0.273. The van der Waals surface area contributed by atoms with Gasteiger partial charge in [-0.15, -0.1) is 10.2 Å². The van der Waals surface area contributed by atoms with E-state index in [1.807, 2.05) is 65.0 Å². The van der Waals surface area contributed by atoms with Crippen LogP contribution in [0.4, 0.5) is 10.8 Å². The summed E-state index contributed by atoms with van der Waals surface area (Å²) in [5.74, 6) is -0.335. The molecule has 156 valence electrons. The molecule has 8 heteroatoms. The molecular formula is C22H24N4O2S2. The van der Waals surface area contributed by atoms with Gasteiger partial charge in [0.1, 0.15) is 0 Å². The highest BCUT2D eigenvalue weighted by Gasteiger charge is 2.19. The molecule has 1 atom stereocenters. The molecule has 3 rings (SSSR count). The number of nitrogens with zero attached hydrogens (tertiary/aromatic N) is 2. The van der Waals surface area contributed by atoms with Crippen molar-refractivity contribution in [2.24, 2.45) is 0 Å². The first-order valence-electron chi connectivity index (χ1n) is 9.50. The first kappa shape index (κ1) is 22.0. The van der Waals surface area contributed by atoms with Crippen LogP contribution in [0.3, 0.4) is 0 Å². The van der Waals surface area contributed by atoms with Crippen LogP contribution in [0.1, 0.15) is 39.5 Å². The Morgan fingerprint density at radius 1 is 0.967 bits per heavy atom. The molecule has 0 aliphatic rings. The maximum atomic E-state index is 12.7. The van der Waals surface area contributed by atoms with Crippen LogP contribution in [0.5, 0.6) is 0 Å². The Labute approximate surface area is 184 Å². The summed E-state index contributed by atoms with van der Waals surface area (Å²) in [5, 5.41) is 13.9. The third-order valence-electron chi connectivity index (χ3n) is 4.48. The fourth-order valence-corrected chi connectivity index (χ4v) is 4.96. The summed E-state index contributed by atoms with van der Waals surface area (Å²) in [4.78, 5) is 25.0. The van der Waals surface area contributed by atoms with E-state index in [1.54, 1.807) is 6.07 Å². The molecule has 0 spiro atoms. The minimum atomic E-state index is -0.363. The number of carbonyl (C=O) groups excluding carboxylic acids is 2. The Bertz CT molecular complexity index is 1070. The average Bonchev–Trinajstić information content (AvgIpc) is 3.11. The highest BCUT2D eigenvalue weighted by molar-refractivity contribution is 8.02. The van der Waals surface area contributed by atoms with E-state index in [9.17, 15) is 9.59 Å². The molecule has 1 aromatic heterocycles. The van der Waals surface area contributed by atoms with Crippen molar-refractivity contribution in [3.63, 3.8) is 0 Å². The Kier molecular flexibility index (Phi) is 6.89. The lowest BCUT2D eigenvalue weighted by molar-refractivity contribution is -0.115. The maximum Gasteiger partial charge on any atom is 0.257 e. The third-order valence-corrected chi connectivity index (χ3v) is 6.50. The van der Waals surface area contributed by atoms with E-state index in [2.05, 4.69) is 20.8 Å². The van der Waals surface area contributed by atoms with E-state index >= 15 is 0 Å². The number of amides is 2. The van der Waals surface area contributed by atoms with Gasteiger partial charge in [0, 0.05) is 11.3 Å². The molecule has 2 amide bonds. The third kappa shape index (κ3) is 5.46. The molecule has 2 aromatic carbocycles. The number of carbonyl (C=O) groups is 2. The zero-order chi connectivity index (χ0) is 21.8. The van der Waals surface area contributed by atoms with Gasteiger partial charge in [0.2, 0.25) is 11.0 Å². The van der Waals surface area contributed by atoms with Gasteiger partial charge in [-0.05, 0) is 57.9 Å². The number of nitrogens with one attached hydrogen (secondary N) is 2. The summed E-state index contributed by atoms with van der Waals surface area (Å²) in [5.41, 5.74) is 5.66. The first-order valence-corrected chi connectivity index (χ1v) is 11.2. The summed E-state index contributed by atoms with van der Waals surface area (Å²) in [7, 11) is 0. The normalized spacial score (nSPS) is 11.8. The molecule has 6 nitrogen and oxygen atoms in total. The van der Waals surface area contributed by atoms with Gasteiger partial charge in [0.05, 0.1) is 5.25 Å². The minimum Gasteiger partial charge on any atom is -0.325 e. The number of aromatic nitrogens is 2. The van der Waals surface area contributed by atoms with Gasteiger partial charge in [-0.2, -0.15) is 0 Å². The SMILES string of the molecule is Cc1cccc(C(=O)Nc2nnc(SC(C)C(=O)Nc3c(C)cc(C)cc3C)s2)c1. The topological polar surface area (TPSA) is 84.0 Å². The van der Waals surface area contributed by atoms with Gasteiger partial charge in [-0.3, -0.25) is 14.9 Å². The average molecular weight is 441 g/mol. The van der Waals surface area contributed by atoms with E-state index in [-0.39, 0.29) is 17.1 Å². The standard InChI is InChI=1S/C22H24N4O2S2/c1-12-7-6-8-17(11-12)20(28)24-21-25-26-22(30-21)29-16(5)19(27)23-18-14(3)9-13(2)10-15(18)4/h6-11,16H,1-5H3,(H,23,27)(H,24,25,28). The molecule has 30 heavy (non-hydrogen) atoms. The van der Waals surface area contributed by atoms with E-state index in [0.717, 1.165) is 22.4 Å².